The number of ether oxygens (including phenoxy) is 1. The van der Waals surface area contributed by atoms with Gasteiger partial charge in [-0.25, -0.2) is 4.79 Å². The van der Waals surface area contributed by atoms with Gasteiger partial charge in [0, 0.05) is 31.2 Å². The second-order valence-corrected chi connectivity index (χ2v) is 6.86. The molecule has 1 fully saturated rings. The van der Waals surface area contributed by atoms with Gasteiger partial charge in [0.05, 0.1) is 5.02 Å². The number of carbonyl (C=O) groups is 1. The molecule has 0 unspecified atom stereocenters. The van der Waals surface area contributed by atoms with Crippen LogP contribution in [0.15, 0.2) is 42.7 Å². The Balaban J connectivity index is 1.50. The minimum Gasteiger partial charge on any atom is -0.433 e. The fourth-order valence-electron chi connectivity index (χ4n) is 3.17. The number of halogens is 3. The lowest BCUT2D eigenvalue weighted by Crippen LogP contribution is -2.41. The predicted molar refractivity (Wildman–Crippen MR) is 99.3 cm³/mol. The van der Waals surface area contributed by atoms with Crippen molar-refractivity contribution in [3.63, 3.8) is 0 Å². The van der Waals surface area contributed by atoms with Crippen molar-refractivity contribution in [2.24, 2.45) is 5.92 Å². The van der Waals surface area contributed by atoms with E-state index in [0.29, 0.717) is 24.7 Å². The van der Waals surface area contributed by atoms with Crippen LogP contribution in [0.3, 0.4) is 0 Å². The Bertz CT molecular complexity index is 769. The largest absolute Gasteiger partial charge is 0.433 e. The van der Waals surface area contributed by atoms with Crippen molar-refractivity contribution in [1.82, 2.24) is 9.88 Å². The summed E-state index contributed by atoms with van der Waals surface area (Å²) in [5, 5.41) is 2.76. The number of hydrogen-bond donors (Lipinski definition) is 1. The summed E-state index contributed by atoms with van der Waals surface area (Å²) in [7, 11) is 0. The van der Waals surface area contributed by atoms with Gasteiger partial charge in [-0.15, -0.1) is 0 Å². The molecule has 1 aliphatic rings. The van der Waals surface area contributed by atoms with Crippen LogP contribution in [0.1, 0.15) is 18.4 Å². The molecule has 3 rings (SSSR count). The van der Waals surface area contributed by atoms with E-state index in [9.17, 15) is 13.6 Å². The van der Waals surface area contributed by atoms with Gasteiger partial charge in [0.1, 0.15) is 5.75 Å². The molecule has 0 atom stereocenters. The molecule has 2 amide bonds. The number of carbonyl (C=O) groups excluding carboxylic acids is 1. The van der Waals surface area contributed by atoms with Gasteiger partial charge in [-0.3, -0.25) is 4.98 Å². The number of rotatable bonds is 5. The first-order valence-electron chi connectivity index (χ1n) is 8.70. The van der Waals surface area contributed by atoms with E-state index in [0.717, 1.165) is 19.3 Å². The maximum absolute atomic E-state index is 12.4. The van der Waals surface area contributed by atoms with E-state index < -0.39 is 6.61 Å². The zero-order valence-electron chi connectivity index (χ0n) is 14.6. The normalized spacial score (nSPS) is 15.0. The Hall–Kier alpha value is -2.41. The number of nitrogens with zero attached hydrogens (tertiary/aromatic N) is 2. The summed E-state index contributed by atoms with van der Waals surface area (Å²) in [6, 6.07) is 7.96. The third-order valence-electron chi connectivity index (χ3n) is 4.55. The molecule has 1 aromatic carbocycles. The molecule has 2 heterocycles. The van der Waals surface area contributed by atoms with Crippen molar-refractivity contribution < 1.29 is 18.3 Å². The van der Waals surface area contributed by atoms with Crippen LogP contribution >= 0.6 is 11.6 Å². The molecule has 0 saturated carbocycles. The number of aromatic nitrogens is 1. The summed E-state index contributed by atoms with van der Waals surface area (Å²) in [6.45, 7) is -1.62. The predicted octanol–water partition coefficient (Wildman–Crippen LogP) is 4.82. The number of nitrogens with one attached hydrogen (secondary N) is 1. The quantitative estimate of drug-likeness (QED) is 0.789. The van der Waals surface area contributed by atoms with Crippen molar-refractivity contribution >= 4 is 23.3 Å². The molecule has 0 aliphatic carbocycles. The van der Waals surface area contributed by atoms with Crippen molar-refractivity contribution in [2.45, 2.75) is 25.9 Å². The Kier molecular flexibility index (Phi) is 6.45. The number of amides is 2. The summed E-state index contributed by atoms with van der Waals surface area (Å²) >= 11 is 5.91. The zero-order chi connectivity index (χ0) is 19.2. The summed E-state index contributed by atoms with van der Waals surface area (Å²) in [6.07, 6.45) is 6.44. The second kappa shape index (κ2) is 8.99. The summed E-state index contributed by atoms with van der Waals surface area (Å²) < 4.78 is 28.8. The van der Waals surface area contributed by atoms with Crippen molar-refractivity contribution in [1.29, 1.82) is 0 Å². The molecule has 1 saturated heterocycles. The molecule has 0 bridgehead atoms. The number of likely N-dealkylation sites (tertiary alicyclic amines) is 1. The maximum atomic E-state index is 12.4. The lowest BCUT2D eigenvalue weighted by molar-refractivity contribution is -0.0497. The molecular formula is C19H20ClF2N3O2. The maximum Gasteiger partial charge on any atom is 0.387 e. The summed E-state index contributed by atoms with van der Waals surface area (Å²) in [5.74, 6) is 0.402. The Labute approximate surface area is 161 Å². The topological polar surface area (TPSA) is 54.5 Å². The first-order valence-corrected chi connectivity index (χ1v) is 9.08. The number of pyridine rings is 1. The van der Waals surface area contributed by atoms with E-state index in [2.05, 4.69) is 21.1 Å². The van der Waals surface area contributed by atoms with Gasteiger partial charge in [-0.1, -0.05) is 17.7 Å². The van der Waals surface area contributed by atoms with Crippen molar-refractivity contribution in [3.8, 4) is 5.75 Å². The van der Waals surface area contributed by atoms with Crippen LogP contribution in [0.5, 0.6) is 5.75 Å². The Morgan fingerprint density at radius 1 is 1.33 bits per heavy atom. The van der Waals surface area contributed by atoms with Crippen LogP contribution in [-0.2, 0) is 6.42 Å². The van der Waals surface area contributed by atoms with E-state index >= 15 is 0 Å². The standard InChI is InChI=1S/C19H20ClF2N3O2/c20-16-11-15(3-4-17(16)27-18(21)22)24-19(26)25-8-5-13(6-9-25)10-14-2-1-7-23-12-14/h1-4,7,11-13,18H,5-6,8-10H2,(H,24,26). The van der Waals surface area contributed by atoms with E-state index in [-0.39, 0.29) is 16.8 Å². The Morgan fingerprint density at radius 2 is 2.11 bits per heavy atom. The average Bonchev–Trinajstić information content (AvgIpc) is 2.65. The fourth-order valence-corrected chi connectivity index (χ4v) is 3.39. The molecule has 5 nitrogen and oxygen atoms in total. The van der Waals surface area contributed by atoms with Crippen molar-refractivity contribution in [2.75, 3.05) is 18.4 Å². The van der Waals surface area contributed by atoms with Gasteiger partial charge in [0.15, 0.2) is 0 Å². The minimum atomic E-state index is -2.95. The van der Waals surface area contributed by atoms with Crippen LogP contribution in [0, 0.1) is 5.92 Å². The second-order valence-electron chi connectivity index (χ2n) is 6.45. The monoisotopic (exact) mass is 395 g/mol. The molecule has 0 spiro atoms. The number of anilines is 1. The summed E-state index contributed by atoms with van der Waals surface area (Å²) in [4.78, 5) is 18.3. The SMILES string of the molecule is O=C(Nc1ccc(OC(F)F)c(Cl)c1)N1CCC(Cc2cccnc2)CC1. The number of urea groups is 1. The van der Waals surface area contributed by atoms with E-state index in [1.54, 1.807) is 11.1 Å². The molecular weight excluding hydrogens is 376 g/mol. The van der Waals surface area contributed by atoms with Crippen LogP contribution in [0.2, 0.25) is 5.02 Å². The van der Waals surface area contributed by atoms with Gasteiger partial charge >= 0.3 is 12.6 Å². The third-order valence-corrected chi connectivity index (χ3v) is 4.84. The number of alkyl halides is 2. The fraction of sp³-hybridized carbons (Fsp3) is 0.368. The van der Waals surface area contributed by atoms with Crippen LogP contribution in [0.4, 0.5) is 19.3 Å². The number of hydrogen-bond acceptors (Lipinski definition) is 3. The highest BCUT2D eigenvalue weighted by Gasteiger charge is 2.23. The zero-order valence-corrected chi connectivity index (χ0v) is 15.3. The van der Waals surface area contributed by atoms with Crippen LogP contribution in [-0.4, -0.2) is 35.6 Å². The molecule has 1 N–H and O–H groups in total. The molecule has 144 valence electrons. The third kappa shape index (κ3) is 5.53. The highest BCUT2D eigenvalue weighted by atomic mass is 35.5. The van der Waals surface area contributed by atoms with Gasteiger partial charge in [0.2, 0.25) is 0 Å². The van der Waals surface area contributed by atoms with E-state index in [1.807, 2.05) is 12.3 Å². The van der Waals surface area contributed by atoms with Gasteiger partial charge in [-0.05, 0) is 55.0 Å². The van der Waals surface area contributed by atoms with Crippen LogP contribution in [0.25, 0.3) is 0 Å². The first-order chi connectivity index (χ1) is 13.0. The van der Waals surface area contributed by atoms with E-state index in [1.165, 1.54) is 23.8 Å². The van der Waals surface area contributed by atoms with Gasteiger partial charge < -0.3 is 15.0 Å². The lowest BCUT2D eigenvalue weighted by atomic mass is 9.91. The smallest absolute Gasteiger partial charge is 0.387 e. The average molecular weight is 396 g/mol. The number of piperidine rings is 1. The van der Waals surface area contributed by atoms with E-state index in [4.69, 9.17) is 11.6 Å². The molecule has 27 heavy (non-hydrogen) atoms. The number of benzene rings is 1. The molecule has 2 aromatic rings. The molecule has 1 aromatic heterocycles. The molecule has 1 aliphatic heterocycles. The summed E-state index contributed by atoms with van der Waals surface area (Å²) in [5.41, 5.74) is 1.64. The minimum absolute atomic E-state index is 0.0169. The first kappa shape index (κ1) is 19.4. The highest BCUT2D eigenvalue weighted by molar-refractivity contribution is 6.32. The highest BCUT2D eigenvalue weighted by Crippen LogP contribution is 2.29. The molecule has 8 heteroatoms. The lowest BCUT2D eigenvalue weighted by Gasteiger charge is -2.32. The van der Waals surface area contributed by atoms with Gasteiger partial charge in [0.25, 0.3) is 0 Å². The van der Waals surface area contributed by atoms with Crippen LogP contribution < -0.4 is 10.1 Å². The van der Waals surface area contributed by atoms with Gasteiger partial charge in [-0.2, -0.15) is 8.78 Å². The molecule has 0 radical (unpaired) electrons. The van der Waals surface area contributed by atoms with Crippen molar-refractivity contribution in [3.05, 3.63) is 53.3 Å². The Morgan fingerprint density at radius 3 is 2.74 bits per heavy atom.